The fourth-order valence-corrected chi connectivity index (χ4v) is 2.74. The number of nitrogens with two attached hydrogens (primary N) is 2. The summed E-state index contributed by atoms with van der Waals surface area (Å²) in [6.45, 7) is -0.108. The highest BCUT2D eigenvalue weighted by atomic mass is 32.2. The van der Waals surface area contributed by atoms with Crippen molar-refractivity contribution < 1.29 is 9.59 Å². The molecule has 2 rings (SSSR count). The van der Waals surface area contributed by atoms with Gasteiger partial charge in [-0.2, -0.15) is 0 Å². The van der Waals surface area contributed by atoms with Gasteiger partial charge in [-0.05, 0) is 12.1 Å². The number of fused-ring (bicyclic) bond motifs is 1. The van der Waals surface area contributed by atoms with Crippen LogP contribution in [0.25, 0.3) is 0 Å². The zero-order valence-corrected chi connectivity index (χ0v) is 9.94. The maximum atomic E-state index is 11.9. The number of benzene rings is 1. The predicted molar refractivity (Wildman–Crippen MR) is 66.4 cm³/mol. The summed E-state index contributed by atoms with van der Waals surface area (Å²) in [6, 6.07) is 7.36. The third-order valence-corrected chi connectivity index (χ3v) is 3.49. The van der Waals surface area contributed by atoms with E-state index in [1.165, 1.54) is 16.7 Å². The van der Waals surface area contributed by atoms with E-state index in [0.29, 0.717) is 5.69 Å². The van der Waals surface area contributed by atoms with E-state index in [2.05, 4.69) is 0 Å². The van der Waals surface area contributed by atoms with Crippen LogP contribution in [0, 0.1) is 0 Å². The van der Waals surface area contributed by atoms with E-state index in [-0.39, 0.29) is 24.2 Å². The summed E-state index contributed by atoms with van der Waals surface area (Å²) in [4.78, 5) is 25.3. The van der Waals surface area contributed by atoms with Crippen LogP contribution < -0.4 is 16.4 Å². The number of primary amides is 1. The average molecular weight is 251 g/mol. The van der Waals surface area contributed by atoms with Gasteiger partial charge in [-0.25, -0.2) is 0 Å². The second kappa shape index (κ2) is 4.77. The lowest BCUT2D eigenvalue weighted by molar-refractivity contribution is -0.122. The Morgan fingerprint density at radius 3 is 2.88 bits per heavy atom. The monoisotopic (exact) mass is 251 g/mol. The summed E-state index contributed by atoms with van der Waals surface area (Å²) in [5.74, 6) is -0.706. The number of carbonyl (C=O) groups excluding carboxylic acids is 2. The SMILES string of the molecule is NC(=O)CN1C(=O)CC(N)Sc2ccccc21. The number of thioether (sulfide) groups is 1. The van der Waals surface area contributed by atoms with Crippen LogP contribution in [0.3, 0.4) is 0 Å². The highest BCUT2D eigenvalue weighted by Gasteiger charge is 2.27. The summed E-state index contributed by atoms with van der Waals surface area (Å²) in [7, 11) is 0. The molecular weight excluding hydrogens is 238 g/mol. The summed E-state index contributed by atoms with van der Waals surface area (Å²) >= 11 is 1.43. The highest BCUT2D eigenvalue weighted by molar-refractivity contribution is 8.00. The van der Waals surface area contributed by atoms with Crippen LogP contribution in [0.5, 0.6) is 0 Å². The molecule has 6 heteroatoms. The summed E-state index contributed by atoms with van der Waals surface area (Å²) < 4.78 is 0. The quantitative estimate of drug-likeness (QED) is 0.790. The first kappa shape index (κ1) is 11.9. The van der Waals surface area contributed by atoms with E-state index in [1.54, 1.807) is 6.07 Å². The molecule has 1 aromatic carbocycles. The van der Waals surface area contributed by atoms with E-state index >= 15 is 0 Å². The number of amides is 2. The molecule has 5 nitrogen and oxygen atoms in total. The van der Waals surface area contributed by atoms with Crippen molar-refractivity contribution >= 4 is 29.3 Å². The molecule has 0 spiro atoms. The van der Waals surface area contributed by atoms with Gasteiger partial charge in [0.1, 0.15) is 6.54 Å². The second-order valence-corrected chi connectivity index (χ2v) is 5.06. The molecule has 0 saturated heterocycles. The van der Waals surface area contributed by atoms with Crippen molar-refractivity contribution in [3.05, 3.63) is 24.3 Å². The van der Waals surface area contributed by atoms with Crippen LogP contribution in [0.1, 0.15) is 6.42 Å². The van der Waals surface area contributed by atoms with E-state index in [1.807, 2.05) is 18.2 Å². The number of rotatable bonds is 2. The largest absolute Gasteiger partial charge is 0.368 e. The van der Waals surface area contributed by atoms with Crippen molar-refractivity contribution in [3.63, 3.8) is 0 Å². The first-order valence-corrected chi connectivity index (χ1v) is 6.06. The van der Waals surface area contributed by atoms with Gasteiger partial charge in [-0.1, -0.05) is 12.1 Å². The normalized spacial score (nSPS) is 19.7. The Kier molecular flexibility index (Phi) is 3.35. The predicted octanol–water partition coefficient (Wildman–Crippen LogP) is 0.286. The molecule has 1 aromatic rings. The third kappa shape index (κ3) is 2.59. The molecular formula is C11H13N3O2S. The summed E-state index contributed by atoms with van der Waals surface area (Å²) in [5.41, 5.74) is 11.7. The van der Waals surface area contributed by atoms with E-state index < -0.39 is 5.91 Å². The molecule has 1 atom stereocenters. The summed E-state index contributed by atoms with van der Waals surface area (Å²) in [5, 5.41) is -0.290. The standard InChI is InChI=1S/C11H13N3O2S/c12-9(15)6-14-7-3-1-2-4-8(7)17-10(13)5-11(14)16/h1-4,10H,5-6,13H2,(H2,12,15). The second-order valence-electron chi connectivity index (χ2n) is 3.77. The van der Waals surface area contributed by atoms with E-state index in [0.717, 1.165) is 4.90 Å². The van der Waals surface area contributed by atoms with Crippen LogP contribution >= 0.6 is 11.8 Å². The Balaban J connectivity index is 2.42. The number of nitrogens with zero attached hydrogens (tertiary/aromatic N) is 1. The zero-order valence-electron chi connectivity index (χ0n) is 9.13. The Hall–Kier alpha value is -1.53. The molecule has 1 heterocycles. The van der Waals surface area contributed by atoms with Gasteiger partial charge in [0.2, 0.25) is 11.8 Å². The van der Waals surface area contributed by atoms with Crippen molar-refractivity contribution in [2.24, 2.45) is 11.5 Å². The van der Waals surface area contributed by atoms with Gasteiger partial charge in [-0.3, -0.25) is 9.59 Å². The average Bonchev–Trinajstić information content (AvgIpc) is 2.36. The first-order valence-electron chi connectivity index (χ1n) is 5.18. The van der Waals surface area contributed by atoms with E-state index in [9.17, 15) is 9.59 Å². The number of carbonyl (C=O) groups is 2. The fraction of sp³-hybridized carbons (Fsp3) is 0.273. The van der Waals surface area contributed by atoms with Crippen LogP contribution in [0.15, 0.2) is 29.2 Å². The smallest absolute Gasteiger partial charge is 0.237 e. The summed E-state index contributed by atoms with van der Waals surface area (Å²) in [6.07, 6.45) is 0.201. The molecule has 0 saturated carbocycles. The van der Waals surface area contributed by atoms with Gasteiger partial charge in [-0.15, -0.1) is 11.8 Å². The van der Waals surface area contributed by atoms with Crippen molar-refractivity contribution in [1.29, 1.82) is 0 Å². The van der Waals surface area contributed by atoms with Gasteiger partial charge in [0.25, 0.3) is 0 Å². The molecule has 90 valence electrons. The molecule has 0 aliphatic carbocycles. The van der Waals surface area contributed by atoms with Crippen LogP contribution in [-0.2, 0) is 9.59 Å². The zero-order chi connectivity index (χ0) is 12.4. The Labute approximate surface area is 103 Å². The minimum atomic E-state index is -0.534. The van der Waals surface area contributed by atoms with Crippen molar-refractivity contribution in [3.8, 4) is 0 Å². The minimum absolute atomic E-state index is 0.108. The number of anilines is 1. The third-order valence-electron chi connectivity index (χ3n) is 2.43. The first-order chi connectivity index (χ1) is 8.08. The fourth-order valence-electron chi connectivity index (χ4n) is 1.73. The molecule has 0 bridgehead atoms. The lowest BCUT2D eigenvalue weighted by Gasteiger charge is -2.20. The molecule has 0 fully saturated rings. The Morgan fingerprint density at radius 2 is 2.18 bits per heavy atom. The molecule has 0 radical (unpaired) electrons. The van der Waals surface area contributed by atoms with Gasteiger partial charge >= 0.3 is 0 Å². The molecule has 17 heavy (non-hydrogen) atoms. The molecule has 4 N–H and O–H groups in total. The number of hydrogen-bond acceptors (Lipinski definition) is 4. The maximum Gasteiger partial charge on any atom is 0.237 e. The molecule has 2 amide bonds. The Morgan fingerprint density at radius 1 is 1.47 bits per heavy atom. The van der Waals surface area contributed by atoms with Crippen LogP contribution in [0.2, 0.25) is 0 Å². The minimum Gasteiger partial charge on any atom is -0.368 e. The van der Waals surface area contributed by atoms with Crippen LogP contribution in [-0.4, -0.2) is 23.7 Å². The number of para-hydroxylation sites is 1. The lowest BCUT2D eigenvalue weighted by Crippen LogP contribution is -2.39. The number of hydrogen-bond donors (Lipinski definition) is 2. The molecule has 1 aliphatic heterocycles. The van der Waals surface area contributed by atoms with Crippen LogP contribution in [0.4, 0.5) is 5.69 Å². The lowest BCUT2D eigenvalue weighted by atomic mass is 10.2. The van der Waals surface area contributed by atoms with Crippen molar-refractivity contribution in [2.75, 3.05) is 11.4 Å². The van der Waals surface area contributed by atoms with Crippen molar-refractivity contribution in [2.45, 2.75) is 16.7 Å². The maximum absolute atomic E-state index is 11.9. The van der Waals surface area contributed by atoms with Gasteiger partial charge < -0.3 is 16.4 Å². The molecule has 1 aliphatic rings. The molecule has 1 unspecified atom stereocenters. The van der Waals surface area contributed by atoms with E-state index in [4.69, 9.17) is 11.5 Å². The van der Waals surface area contributed by atoms with Gasteiger partial charge in [0, 0.05) is 4.90 Å². The van der Waals surface area contributed by atoms with Gasteiger partial charge in [0.15, 0.2) is 0 Å². The van der Waals surface area contributed by atoms with Crippen molar-refractivity contribution in [1.82, 2.24) is 0 Å². The van der Waals surface area contributed by atoms with Gasteiger partial charge in [0.05, 0.1) is 17.5 Å². The molecule has 0 aromatic heterocycles. The Bertz CT molecular complexity index is 464. The highest BCUT2D eigenvalue weighted by Crippen LogP contribution is 2.35. The topological polar surface area (TPSA) is 89.4 Å².